The van der Waals surface area contributed by atoms with Crippen molar-refractivity contribution in [1.82, 2.24) is 0 Å². The van der Waals surface area contributed by atoms with Crippen LogP contribution in [0.4, 0.5) is 0 Å². The molecule has 3 N–H and O–H groups in total. The van der Waals surface area contributed by atoms with E-state index >= 15 is 0 Å². The van der Waals surface area contributed by atoms with Gasteiger partial charge < -0.3 is 15.6 Å². The lowest BCUT2D eigenvalue weighted by atomic mass is 10.0. The predicted molar refractivity (Wildman–Crippen MR) is 56.8 cm³/mol. The second-order valence-corrected chi connectivity index (χ2v) is 3.44. The Hall–Kier alpha value is -0.770. The summed E-state index contributed by atoms with van der Waals surface area (Å²) >= 11 is 6.05. The summed E-state index contributed by atoms with van der Waals surface area (Å²) in [6, 6.07) is 3.61. The van der Waals surface area contributed by atoms with E-state index in [0.717, 1.165) is 5.56 Å². The predicted octanol–water partition coefficient (Wildman–Crippen LogP) is 1.65. The number of aliphatic hydroxyl groups excluding tert-OH is 1. The van der Waals surface area contributed by atoms with Gasteiger partial charge in [0.2, 0.25) is 0 Å². The van der Waals surface area contributed by atoms with Crippen LogP contribution in [-0.4, -0.2) is 18.8 Å². The molecule has 0 radical (unpaired) electrons. The van der Waals surface area contributed by atoms with Gasteiger partial charge in [0.1, 0.15) is 5.75 Å². The molecular formula is C10H14ClNO2. The van der Waals surface area contributed by atoms with Gasteiger partial charge in [0.15, 0.2) is 0 Å². The van der Waals surface area contributed by atoms with Crippen LogP contribution >= 0.6 is 11.6 Å². The molecule has 1 aromatic carbocycles. The zero-order valence-corrected chi connectivity index (χ0v) is 9.01. The van der Waals surface area contributed by atoms with Gasteiger partial charge in [-0.05, 0) is 18.6 Å². The first-order valence-corrected chi connectivity index (χ1v) is 4.70. The quantitative estimate of drug-likeness (QED) is 0.806. The zero-order chi connectivity index (χ0) is 10.7. The lowest BCUT2D eigenvalue weighted by Gasteiger charge is -2.15. The van der Waals surface area contributed by atoms with E-state index < -0.39 is 6.10 Å². The number of halogens is 1. The molecule has 1 aromatic rings. The first-order valence-electron chi connectivity index (χ1n) is 4.33. The maximum Gasteiger partial charge on any atom is 0.137 e. The highest BCUT2D eigenvalue weighted by Crippen LogP contribution is 2.33. The van der Waals surface area contributed by atoms with Gasteiger partial charge in [0.25, 0.3) is 0 Å². The van der Waals surface area contributed by atoms with Crippen LogP contribution in [0.5, 0.6) is 5.75 Å². The summed E-state index contributed by atoms with van der Waals surface area (Å²) in [6.45, 7) is 2.02. The smallest absolute Gasteiger partial charge is 0.137 e. The number of benzene rings is 1. The van der Waals surface area contributed by atoms with Crippen molar-refractivity contribution in [2.75, 3.05) is 13.7 Å². The highest BCUT2D eigenvalue weighted by molar-refractivity contribution is 6.33. The third-order valence-corrected chi connectivity index (χ3v) is 2.53. The minimum absolute atomic E-state index is 0.147. The zero-order valence-electron chi connectivity index (χ0n) is 8.25. The van der Waals surface area contributed by atoms with Crippen LogP contribution in [-0.2, 0) is 0 Å². The molecule has 14 heavy (non-hydrogen) atoms. The van der Waals surface area contributed by atoms with Crippen molar-refractivity contribution in [2.24, 2.45) is 5.73 Å². The summed E-state index contributed by atoms with van der Waals surface area (Å²) < 4.78 is 5.05. The van der Waals surface area contributed by atoms with Gasteiger partial charge in [-0.25, -0.2) is 0 Å². The van der Waals surface area contributed by atoms with Gasteiger partial charge in [-0.3, -0.25) is 0 Å². The average molecular weight is 216 g/mol. The third-order valence-electron chi connectivity index (χ3n) is 2.14. The second-order valence-electron chi connectivity index (χ2n) is 3.06. The summed E-state index contributed by atoms with van der Waals surface area (Å²) in [5.41, 5.74) is 6.94. The summed E-state index contributed by atoms with van der Waals surface area (Å²) in [5.74, 6) is 0.555. The van der Waals surface area contributed by atoms with Crippen molar-refractivity contribution in [2.45, 2.75) is 13.0 Å². The Balaban J connectivity index is 3.25. The molecule has 1 atom stereocenters. The summed E-state index contributed by atoms with van der Waals surface area (Å²) in [7, 11) is 1.54. The first kappa shape index (κ1) is 11.3. The number of ether oxygens (including phenoxy) is 1. The number of aryl methyl sites for hydroxylation is 1. The average Bonchev–Trinajstić information content (AvgIpc) is 2.18. The van der Waals surface area contributed by atoms with Gasteiger partial charge >= 0.3 is 0 Å². The Morgan fingerprint density at radius 3 is 2.71 bits per heavy atom. The normalized spacial score (nSPS) is 12.6. The molecule has 0 aliphatic carbocycles. The summed E-state index contributed by atoms with van der Waals surface area (Å²) in [6.07, 6.45) is -0.738. The molecule has 0 saturated carbocycles. The minimum Gasteiger partial charge on any atom is -0.495 e. The number of hydrogen-bond acceptors (Lipinski definition) is 3. The Bertz CT molecular complexity index is 328. The molecule has 0 heterocycles. The molecule has 0 bridgehead atoms. The number of methoxy groups -OCH3 is 1. The molecule has 0 spiro atoms. The summed E-state index contributed by atoms with van der Waals surface area (Å²) in [4.78, 5) is 0. The topological polar surface area (TPSA) is 55.5 Å². The molecular weight excluding hydrogens is 202 g/mol. The van der Waals surface area contributed by atoms with Crippen LogP contribution in [0.15, 0.2) is 12.1 Å². The van der Waals surface area contributed by atoms with E-state index in [1.54, 1.807) is 6.07 Å². The fraction of sp³-hybridized carbons (Fsp3) is 0.400. The molecule has 0 saturated heterocycles. The molecule has 3 nitrogen and oxygen atoms in total. The van der Waals surface area contributed by atoms with Gasteiger partial charge in [-0.15, -0.1) is 0 Å². The van der Waals surface area contributed by atoms with Crippen molar-refractivity contribution >= 4 is 11.6 Å². The molecule has 4 heteroatoms. The third kappa shape index (κ3) is 2.00. The van der Waals surface area contributed by atoms with Crippen molar-refractivity contribution in [3.8, 4) is 5.75 Å². The van der Waals surface area contributed by atoms with Crippen molar-refractivity contribution in [3.63, 3.8) is 0 Å². The first-order chi connectivity index (χ1) is 6.61. The van der Waals surface area contributed by atoms with Crippen LogP contribution < -0.4 is 10.5 Å². The molecule has 0 fully saturated rings. The molecule has 0 aromatic heterocycles. The molecule has 0 aliphatic rings. The number of aliphatic hydroxyl groups is 1. The minimum atomic E-state index is -0.738. The SMILES string of the molecule is COc1ccc(C)c(C(O)CN)c1Cl. The highest BCUT2D eigenvalue weighted by atomic mass is 35.5. The molecule has 0 aliphatic heterocycles. The fourth-order valence-corrected chi connectivity index (χ4v) is 1.77. The summed E-state index contributed by atoms with van der Waals surface area (Å²) in [5, 5.41) is 10.1. The standard InChI is InChI=1S/C10H14ClNO2/c1-6-3-4-8(14-2)10(11)9(6)7(13)5-12/h3-4,7,13H,5,12H2,1-2H3. The van der Waals surface area contributed by atoms with Gasteiger partial charge in [-0.1, -0.05) is 17.7 Å². The van der Waals surface area contributed by atoms with Crippen LogP contribution in [0.2, 0.25) is 5.02 Å². The van der Waals surface area contributed by atoms with Crippen molar-refractivity contribution < 1.29 is 9.84 Å². The number of rotatable bonds is 3. The Kier molecular flexibility index (Phi) is 3.75. The monoisotopic (exact) mass is 215 g/mol. The van der Waals surface area contributed by atoms with Crippen molar-refractivity contribution in [3.05, 3.63) is 28.3 Å². The van der Waals surface area contributed by atoms with Crippen LogP contribution in [0.25, 0.3) is 0 Å². The van der Waals surface area contributed by atoms with Crippen LogP contribution in [0, 0.1) is 6.92 Å². The lowest BCUT2D eigenvalue weighted by molar-refractivity contribution is 0.185. The van der Waals surface area contributed by atoms with Gasteiger partial charge in [0.05, 0.1) is 18.2 Å². The fourth-order valence-electron chi connectivity index (χ4n) is 1.35. The molecule has 1 rings (SSSR count). The van der Waals surface area contributed by atoms with E-state index in [1.807, 2.05) is 13.0 Å². The second kappa shape index (κ2) is 4.64. The molecule has 0 amide bonds. The maximum atomic E-state index is 9.65. The van der Waals surface area contributed by atoms with Gasteiger partial charge in [0, 0.05) is 12.1 Å². The lowest BCUT2D eigenvalue weighted by Crippen LogP contribution is -2.13. The Morgan fingerprint density at radius 1 is 1.57 bits per heavy atom. The molecule has 1 unspecified atom stereocenters. The van der Waals surface area contributed by atoms with Crippen LogP contribution in [0.1, 0.15) is 17.2 Å². The van der Waals surface area contributed by atoms with Crippen LogP contribution in [0.3, 0.4) is 0 Å². The Morgan fingerprint density at radius 2 is 2.21 bits per heavy atom. The molecule has 78 valence electrons. The highest BCUT2D eigenvalue weighted by Gasteiger charge is 2.16. The van der Waals surface area contributed by atoms with Crippen molar-refractivity contribution in [1.29, 1.82) is 0 Å². The number of hydrogen-bond donors (Lipinski definition) is 2. The van der Waals surface area contributed by atoms with E-state index in [0.29, 0.717) is 16.3 Å². The largest absolute Gasteiger partial charge is 0.495 e. The maximum absolute atomic E-state index is 9.65. The number of nitrogens with two attached hydrogens (primary N) is 1. The van der Waals surface area contributed by atoms with E-state index in [1.165, 1.54) is 7.11 Å². The van der Waals surface area contributed by atoms with E-state index in [-0.39, 0.29) is 6.54 Å². The van der Waals surface area contributed by atoms with Gasteiger partial charge in [-0.2, -0.15) is 0 Å². The Labute approximate surface area is 88.4 Å². The van der Waals surface area contributed by atoms with E-state index in [2.05, 4.69) is 0 Å². The van der Waals surface area contributed by atoms with E-state index in [9.17, 15) is 5.11 Å². The van der Waals surface area contributed by atoms with E-state index in [4.69, 9.17) is 22.1 Å².